The van der Waals surface area contributed by atoms with Crippen molar-refractivity contribution in [2.45, 2.75) is 0 Å². The molecule has 0 aliphatic carbocycles. The van der Waals surface area contributed by atoms with Gasteiger partial charge in [0.1, 0.15) is 0 Å². The number of aromatic nitrogens is 3. The minimum absolute atomic E-state index is 0. The van der Waals surface area contributed by atoms with Crippen LogP contribution in [-0.2, 0) is 4.62 Å². The van der Waals surface area contributed by atoms with Crippen LogP contribution in [0.15, 0.2) is 0 Å². The quantitative estimate of drug-likeness (QED) is 0.180. The molecule has 1 heterocycles. The second-order valence-electron chi connectivity index (χ2n) is 1.77. The molecule has 1 aromatic rings. The first-order valence-electron chi connectivity index (χ1n) is 3.03. The van der Waals surface area contributed by atoms with Crippen molar-refractivity contribution >= 4 is 64.2 Å². The van der Waals surface area contributed by atoms with E-state index in [0.717, 1.165) is 0 Å². The number of hydrogen-bond acceptors (Lipinski definition) is 10. The van der Waals surface area contributed by atoms with E-state index in [0.29, 0.717) is 0 Å². The predicted molar refractivity (Wildman–Crippen MR) is 57.7 cm³/mol. The molecule has 0 amide bonds. The number of anilines is 3. The molecule has 0 saturated heterocycles. The fourth-order valence-electron chi connectivity index (χ4n) is 0.427. The Hall–Kier alpha value is -0.0603. The smallest absolute Gasteiger partial charge is 1.00 e. The van der Waals surface area contributed by atoms with Gasteiger partial charge in [-0.1, -0.05) is 0 Å². The maximum atomic E-state index is 7.63. The Morgan fingerprint density at radius 1 is 1.00 bits per heavy atom. The Kier molecular flexibility index (Phi) is 10.6. The summed E-state index contributed by atoms with van der Waals surface area (Å²) in [5, 5.41) is 0. The zero-order valence-corrected chi connectivity index (χ0v) is 10.7. The zero-order valence-electron chi connectivity index (χ0n) is 9.61. The molecule has 0 atom stereocenters. The van der Waals surface area contributed by atoms with E-state index in [2.05, 4.69) is 25.5 Å². The minimum Gasteiger partial charge on any atom is -1.00 e. The van der Waals surface area contributed by atoms with Gasteiger partial charge in [0.2, 0.25) is 17.8 Å². The van der Waals surface area contributed by atoms with Crippen molar-refractivity contribution in [3.05, 3.63) is 0 Å². The van der Waals surface area contributed by atoms with E-state index in [1.165, 1.54) is 0 Å². The molecule has 12 heteroatoms. The molecule has 0 aromatic carbocycles. The van der Waals surface area contributed by atoms with Gasteiger partial charge < -0.3 is 29.8 Å². The van der Waals surface area contributed by atoms with Gasteiger partial charge in [0.05, 0.1) is 0 Å². The van der Waals surface area contributed by atoms with Crippen LogP contribution in [0.1, 0.15) is 2.85 Å². The molecule has 0 aliphatic rings. The summed E-state index contributed by atoms with van der Waals surface area (Å²) in [6.45, 7) is 0. The van der Waals surface area contributed by atoms with Crippen LogP contribution in [0, 0.1) is 0 Å². The molecule has 0 saturated carbocycles. The van der Waals surface area contributed by atoms with Crippen LogP contribution in [0.4, 0.5) is 17.8 Å². The van der Waals surface area contributed by atoms with Crippen molar-refractivity contribution in [3.8, 4) is 0 Å². The molecule has 84 valence electrons. The molecular weight excluding hydrogens is 253 g/mol. The van der Waals surface area contributed by atoms with Crippen LogP contribution >= 0.6 is 8.60 Å². The third-order valence-corrected chi connectivity index (χ3v) is 0.970. The van der Waals surface area contributed by atoms with Crippen molar-refractivity contribution in [1.29, 1.82) is 0 Å². The van der Waals surface area contributed by atoms with E-state index < -0.39 is 8.60 Å². The summed E-state index contributed by atoms with van der Waals surface area (Å²) < 4.78 is 3.43. The number of nitrogens with zero attached hydrogens (tertiary/aromatic N) is 3. The van der Waals surface area contributed by atoms with Crippen molar-refractivity contribution in [3.63, 3.8) is 0 Å². The maximum absolute atomic E-state index is 7.63. The van der Waals surface area contributed by atoms with E-state index in [9.17, 15) is 0 Å². The van der Waals surface area contributed by atoms with Crippen molar-refractivity contribution in [2.24, 2.45) is 5.90 Å². The first-order chi connectivity index (χ1) is 6.45. The summed E-state index contributed by atoms with van der Waals surface area (Å²) in [6, 6.07) is 0. The molecule has 1 aromatic heterocycles. The fraction of sp³-hybridized carbons (Fsp3) is 0. The van der Waals surface area contributed by atoms with Crippen LogP contribution in [0.5, 0.6) is 0 Å². The van der Waals surface area contributed by atoms with Crippen molar-refractivity contribution in [1.82, 2.24) is 15.0 Å². The Balaban J connectivity index is -0.0000000948. The van der Waals surface area contributed by atoms with Gasteiger partial charge in [0, 0.05) is 0 Å². The molecule has 0 spiro atoms. The third kappa shape index (κ3) is 10.2. The average molecular weight is 265 g/mol. The van der Waals surface area contributed by atoms with Gasteiger partial charge in [-0.3, -0.25) is 0 Å². The first kappa shape index (κ1) is 17.3. The monoisotopic (exact) mass is 265 g/mol. The number of nitrogens with two attached hydrogens (primary N) is 4. The van der Waals surface area contributed by atoms with Crippen LogP contribution in [0.25, 0.3) is 0 Å². The second-order valence-corrected chi connectivity index (χ2v) is 2.48. The van der Waals surface area contributed by atoms with Crippen molar-refractivity contribution < 1.29 is 17.3 Å². The standard InChI is InChI=1S/C3H6N6.Ca.H4NO3P.2H/c4-1-7-2(5)9-3(6)8-1;;1-4-5(2)3;;/h(H6,4,5,6,7,8,9);;2-3H,1H2;;/q;+2;;2*-1. The Morgan fingerprint density at radius 3 is 1.33 bits per heavy atom. The van der Waals surface area contributed by atoms with E-state index in [1.54, 1.807) is 0 Å². The molecule has 0 fully saturated rings. The van der Waals surface area contributed by atoms with Gasteiger partial charge in [-0.25, -0.2) is 10.5 Å². The summed E-state index contributed by atoms with van der Waals surface area (Å²) >= 11 is 0. The molecular formula is C3H12CaN7O3P. The molecule has 0 bridgehead atoms. The van der Waals surface area contributed by atoms with Gasteiger partial charge in [-0.2, -0.15) is 15.0 Å². The molecule has 0 radical (unpaired) electrons. The van der Waals surface area contributed by atoms with Gasteiger partial charge in [0.15, 0.2) is 0 Å². The normalized spacial score (nSPS) is 8.80. The topological polar surface area (TPSA) is 192 Å². The molecule has 10 nitrogen and oxygen atoms in total. The summed E-state index contributed by atoms with van der Waals surface area (Å²) in [5.41, 5.74) is 15.4. The average Bonchev–Trinajstić information content (AvgIpc) is 2.02. The minimum atomic E-state index is -2.32. The first-order valence-corrected chi connectivity index (χ1v) is 4.19. The maximum Gasteiger partial charge on any atom is 2.00 e. The van der Waals surface area contributed by atoms with Gasteiger partial charge in [-0.15, -0.1) is 0 Å². The molecule has 15 heavy (non-hydrogen) atoms. The van der Waals surface area contributed by atoms with Gasteiger partial charge in [0.25, 0.3) is 0 Å². The molecule has 0 unspecified atom stereocenters. The summed E-state index contributed by atoms with van der Waals surface area (Å²) in [7, 11) is -2.32. The van der Waals surface area contributed by atoms with Crippen LogP contribution in [0.3, 0.4) is 0 Å². The Bertz CT molecular complexity index is 247. The summed E-state index contributed by atoms with van der Waals surface area (Å²) in [6.07, 6.45) is 0. The molecule has 0 aliphatic heterocycles. The predicted octanol–water partition coefficient (Wildman–Crippen LogP) is -2.45. The van der Waals surface area contributed by atoms with Crippen molar-refractivity contribution in [2.75, 3.05) is 17.2 Å². The van der Waals surface area contributed by atoms with Crippen LogP contribution in [-0.4, -0.2) is 62.5 Å². The Labute approximate surface area is 119 Å². The summed E-state index contributed by atoms with van der Waals surface area (Å²) in [4.78, 5) is 25.7. The summed E-state index contributed by atoms with van der Waals surface area (Å²) in [5.74, 6) is 4.33. The van der Waals surface area contributed by atoms with E-state index in [4.69, 9.17) is 27.0 Å². The van der Waals surface area contributed by atoms with Gasteiger partial charge >= 0.3 is 46.3 Å². The third-order valence-electron chi connectivity index (χ3n) is 0.782. The van der Waals surface area contributed by atoms with E-state index in [1.807, 2.05) is 0 Å². The number of hydrogen-bond donors (Lipinski definition) is 6. The zero-order chi connectivity index (χ0) is 11.1. The molecule has 10 N–H and O–H groups in total. The van der Waals surface area contributed by atoms with Crippen LogP contribution in [0.2, 0.25) is 0 Å². The van der Waals surface area contributed by atoms with E-state index >= 15 is 0 Å². The second kappa shape index (κ2) is 9.19. The largest absolute Gasteiger partial charge is 2.00 e. The number of nitrogen functional groups attached to an aromatic ring is 3. The van der Waals surface area contributed by atoms with Crippen LogP contribution < -0.4 is 23.1 Å². The Morgan fingerprint density at radius 2 is 1.20 bits per heavy atom. The van der Waals surface area contributed by atoms with Gasteiger partial charge in [-0.05, 0) is 0 Å². The van der Waals surface area contributed by atoms with E-state index in [-0.39, 0.29) is 58.4 Å². The SMILES string of the molecule is NOP(O)O.Nc1nc(N)nc(N)n1.[Ca+2].[H-].[H-]. The fourth-order valence-corrected chi connectivity index (χ4v) is 0.427. The molecule has 1 rings (SSSR count). The number of rotatable bonds is 1.